The van der Waals surface area contributed by atoms with E-state index in [1.807, 2.05) is 65.8 Å². The third kappa shape index (κ3) is 7.18. The second kappa shape index (κ2) is 12.4. The fraction of sp³-hybridized carbons (Fsp3) is 0.222. The molecule has 4 aromatic carbocycles. The minimum absolute atomic E-state index is 0.180. The zero-order chi connectivity index (χ0) is 34.1. The van der Waals surface area contributed by atoms with Crippen LogP contribution < -0.4 is 9.47 Å². The highest BCUT2D eigenvalue weighted by molar-refractivity contribution is 6.02. The highest BCUT2D eigenvalue weighted by Gasteiger charge is 2.25. The Labute approximate surface area is 265 Å². The van der Waals surface area contributed by atoms with Crippen LogP contribution in [-0.2, 0) is 10.8 Å². The molecule has 4 rings (SSSR count). The van der Waals surface area contributed by atoms with Gasteiger partial charge in [0, 0.05) is 11.1 Å². The number of carboxylic acid groups (broad SMARTS) is 4. The molecule has 0 radical (unpaired) electrons. The molecule has 46 heavy (non-hydrogen) atoms. The van der Waals surface area contributed by atoms with Crippen molar-refractivity contribution >= 4 is 23.9 Å². The highest BCUT2D eigenvalue weighted by atomic mass is 16.5. The van der Waals surface area contributed by atoms with Crippen LogP contribution in [0.5, 0.6) is 23.0 Å². The molecule has 10 heteroatoms. The van der Waals surface area contributed by atoms with E-state index in [9.17, 15) is 39.6 Å². The van der Waals surface area contributed by atoms with Crippen LogP contribution in [0.25, 0.3) is 11.1 Å². The van der Waals surface area contributed by atoms with Gasteiger partial charge in [-0.1, -0.05) is 53.7 Å². The van der Waals surface area contributed by atoms with Crippen LogP contribution >= 0.6 is 0 Å². The molecule has 4 aromatic rings. The monoisotopic (exact) mass is 626 g/mol. The summed E-state index contributed by atoms with van der Waals surface area (Å²) in [6.07, 6.45) is 0. The Morgan fingerprint density at radius 2 is 0.783 bits per heavy atom. The summed E-state index contributed by atoms with van der Waals surface area (Å²) in [5.41, 5.74) is 1.12. The number of benzene rings is 4. The number of aromatic carboxylic acids is 4. The van der Waals surface area contributed by atoms with Crippen LogP contribution in [0.15, 0.2) is 72.8 Å². The molecule has 0 aliphatic rings. The molecule has 10 nitrogen and oxygen atoms in total. The van der Waals surface area contributed by atoms with Gasteiger partial charge in [0.1, 0.15) is 23.0 Å². The summed E-state index contributed by atoms with van der Waals surface area (Å²) in [4.78, 5) is 46.3. The fourth-order valence-corrected chi connectivity index (χ4v) is 4.92. The second-order valence-corrected chi connectivity index (χ2v) is 12.8. The lowest BCUT2D eigenvalue weighted by atomic mass is 9.82. The first-order valence-electron chi connectivity index (χ1n) is 14.2. The molecule has 238 valence electrons. The molecule has 0 atom stereocenters. The molecule has 0 saturated carbocycles. The highest BCUT2D eigenvalue weighted by Crippen LogP contribution is 2.41. The van der Waals surface area contributed by atoms with E-state index in [-0.39, 0.29) is 33.8 Å². The number of hydrogen-bond acceptors (Lipinski definition) is 6. The van der Waals surface area contributed by atoms with E-state index >= 15 is 0 Å². The van der Waals surface area contributed by atoms with Crippen LogP contribution in [-0.4, -0.2) is 44.3 Å². The van der Waals surface area contributed by atoms with Crippen LogP contribution in [0.2, 0.25) is 0 Å². The average Bonchev–Trinajstić information content (AvgIpc) is 2.96. The molecule has 0 spiro atoms. The lowest BCUT2D eigenvalue weighted by molar-refractivity contribution is 0.0651. The van der Waals surface area contributed by atoms with Crippen molar-refractivity contribution in [2.75, 3.05) is 0 Å². The topological polar surface area (TPSA) is 168 Å². The summed E-state index contributed by atoms with van der Waals surface area (Å²) < 4.78 is 12.2. The van der Waals surface area contributed by atoms with Gasteiger partial charge in [-0.2, -0.15) is 0 Å². The SMILES string of the molecule is CC(C)(C)c1cc(-c2ccc(Oc3ccc(C(=O)O)c(C(=O)O)c3)c(C(C)(C)C)c2)ccc1Oc1ccc(C(=O)O)c(C(=O)O)c1. The third-order valence-corrected chi connectivity index (χ3v) is 7.27. The molecule has 0 saturated heterocycles. The van der Waals surface area contributed by atoms with Gasteiger partial charge in [-0.05, 0) is 82.6 Å². The zero-order valence-electron chi connectivity index (χ0n) is 26.2. The maximum absolute atomic E-state index is 11.7. The Bertz CT molecular complexity index is 1740. The van der Waals surface area contributed by atoms with E-state index in [1.165, 1.54) is 36.4 Å². The van der Waals surface area contributed by atoms with Crippen molar-refractivity contribution in [1.82, 2.24) is 0 Å². The van der Waals surface area contributed by atoms with Crippen molar-refractivity contribution < 1.29 is 49.1 Å². The standard InChI is InChI=1S/C36H34O10/c1-35(2,3)27-15-19(7-13-29(27)45-21-9-11-23(31(37)38)25(17-21)33(41)42)20-8-14-30(28(16-20)36(4,5)6)46-22-10-12-24(32(39)40)26(18-22)34(43)44/h7-18H,1-6H3,(H,37,38)(H,39,40)(H,41,42)(H,43,44). The fourth-order valence-electron chi connectivity index (χ4n) is 4.92. The molecule has 0 aliphatic heterocycles. The number of hydrogen-bond donors (Lipinski definition) is 4. The molecule has 0 bridgehead atoms. The summed E-state index contributed by atoms with van der Waals surface area (Å²) in [6.45, 7) is 12.0. The van der Waals surface area contributed by atoms with E-state index in [2.05, 4.69) is 0 Å². The van der Waals surface area contributed by atoms with Crippen LogP contribution in [0.3, 0.4) is 0 Å². The van der Waals surface area contributed by atoms with Crippen LogP contribution in [0.1, 0.15) is 94.1 Å². The van der Waals surface area contributed by atoms with Gasteiger partial charge in [0.15, 0.2) is 0 Å². The van der Waals surface area contributed by atoms with Crippen molar-refractivity contribution in [2.24, 2.45) is 0 Å². The van der Waals surface area contributed by atoms with Gasteiger partial charge >= 0.3 is 23.9 Å². The predicted molar refractivity (Wildman–Crippen MR) is 170 cm³/mol. The summed E-state index contributed by atoms with van der Waals surface area (Å²) in [6, 6.07) is 18.8. The minimum atomic E-state index is -1.38. The average molecular weight is 627 g/mol. The minimum Gasteiger partial charge on any atom is -0.478 e. The van der Waals surface area contributed by atoms with Crippen molar-refractivity contribution in [3.63, 3.8) is 0 Å². The number of carbonyl (C=O) groups is 4. The van der Waals surface area contributed by atoms with Gasteiger partial charge in [-0.15, -0.1) is 0 Å². The Kier molecular flexibility index (Phi) is 8.96. The molecular formula is C36H34O10. The molecule has 0 amide bonds. The van der Waals surface area contributed by atoms with Crippen LogP contribution in [0.4, 0.5) is 0 Å². The van der Waals surface area contributed by atoms with Crippen molar-refractivity contribution in [2.45, 2.75) is 52.4 Å². The Morgan fingerprint density at radius 1 is 0.457 bits per heavy atom. The van der Waals surface area contributed by atoms with Crippen molar-refractivity contribution in [1.29, 1.82) is 0 Å². The smallest absolute Gasteiger partial charge is 0.336 e. The number of rotatable bonds is 9. The first kappa shape index (κ1) is 33.3. The first-order chi connectivity index (χ1) is 21.4. The van der Waals surface area contributed by atoms with Gasteiger partial charge in [-0.3, -0.25) is 0 Å². The van der Waals surface area contributed by atoms with E-state index in [4.69, 9.17) is 9.47 Å². The largest absolute Gasteiger partial charge is 0.478 e. The predicted octanol–water partition coefficient (Wildman–Crippen LogP) is 8.33. The van der Waals surface area contributed by atoms with Crippen molar-refractivity contribution in [3.05, 3.63) is 106 Å². The normalized spacial score (nSPS) is 11.5. The van der Waals surface area contributed by atoms with Gasteiger partial charge in [0.2, 0.25) is 0 Å². The van der Waals surface area contributed by atoms with Gasteiger partial charge in [0.05, 0.1) is 22.3 Å². The molecule has 0 heterocycles. The maximum atomic E-state index is 11.7. The van der Waals surface area contributed by atoms with E-state index in [0.29, 0.717) is 11.5 Å². The maximum Gasteiger partial charge on any atom is 0.336 e. The summed E-state index contributed by atoms with van der Waals surface area (Å²) >= 11 is 0. The molecule has 4 N–H and O–H groups in total. The number of ether oxygens (including phenoxy) is 2. The van der Waals surface area contributed by atoms with E-state index in [0.717, 1.165) is 22.3 Å². The van der Waals surface area contributed by atoms with Gasteiger partial charge in [0.25, 0.3) is 0 Å². The van der Waals surface area contributed by atoms with E-state index in [1.54, 1.807) is 12.1 Å². The molecule has 0 aromatic heterocycles. The zero-order valence-corrected chi connectivity index (χ0v) is 26.2. The van der Waals surface area contributed by atoms with E-state index < -0.39 is 34.7 Å². The lowest BCUT2D eigenvalue weighted by Crippen LogP contribution is -2.14. The summed E-state index contributed by atoms with van der Waals surface area (Å²) in [5, 5.41) is 37.8. The van der Waals surface area contributed by atoms with Crippen molar-refractivity contribution in [3.8, 4) is 34.1 Å². The van der Waals surface area contributed by atoms with Crippen LogP contribution in [0, 0.1) is 0 Å². The summed E-state index contributed by atoms with van der Waals surface area (Å²) in [5.74, 6) is -4.14. The first-order valence-corrected chi connectivity index (χ1v) is 14.2. The Morgan fingerprint density at radius 3 is 1.07 bits per heavy atom. The quantitative estimate of drug-likeness (QED) is 0.142. The second-order valence-electron chi connectivity index (χ2n) is 12.8. The van der Waals surface area contributed by atoms with Gasteiger partial charge in [-0.25, -0.2) is 19.2 Å². The molecule has 0 fully saturated rings. The molecule has 0 aliphatic carbocycles. The summed E-state index contributed by atoms with van der Waals surface area (Å²) in [7, 11) is 0. The lowest BCUT2D eigenvalue weighted by Gasteiger charge is -2.26. The number of carboxylic acids is 4. The van der Waals surface area contributed by atoms with Gasteiger partial charge < -0.3 is 29.9 Å². The Hall–Kier alpha value is -5.64. The third-order valence-electron chi connectivity index (χ3n) is 7.27. The molecular weight excluding hydrogens is 592 g/mol. The molecule has 0 unspecified atom stereocenters. The Balaban J connectivity index is 1.75.